The van der Waals surface area contributed by atoms with Crippen molar-refractivity contribution in [3.05, 3.63) is 64.7 Å². The van der Waals surface area contributed by atoms with E-state index in [9.17, 15) is 31.2 Å². The number of amides is 2. The number of piperazine rings is 1. The lowest BCUT2D eigenvalue weighted by Crippen LogP contribution is -2.58. The standard InChI is InChI=1S/C36H49F3N4O5S/c1-25(23-41-16-6-5-7-17-41)26-14-15-31-27(20-26)10-8-13-32(31)40-33(44)22-29-24-42(34(45)48-35(2,3)4)18-19-43(29)49(46,47)30-12-9-11-28(21-30)36(37,38)39/h9,11-12,14-15,20-21,25,29,32H,5-8,10,13,16-19,22-24H2,1-4H3,(H,40,44). The highest BCUT2D eigenvalue weighted by Crippen LogP contribution is 2.34. The second-order valence-corrected chi connectivity index (χ2v) is 16.5. The van der Waals surface area contributed by atoms with Crippen LogP contribution < -0.4 is 5.32 Å². The van der Waals surface area contributed by atoms with Crippen LogP contribution in [0.15, 0.2) is 47.4 Å². The lowest BCUT2D eigenvalue weighted by molar-refractivity contribution is -0.137. The molecule has 0 saturated carbocycles. The Labute approximate surface area is 288 Å². The number of ether oxygens (including phenoxy) is 1. The van der Waals surface area contributed by atoms with Crippen molar-refractivity contribution in [1.82, 2.24) is 19.4 Å². The molecule has 2 heterocycles. The summed E-state index contributed by atoms with van der Waals surface area (Å²) < 4.78 is 74.7. The SMILES string of the molecule is CC(CN1CCCCC1)c1ccc2c(c1)CCCC2NC(=O)CC1CN(C(=O)OC(C)(C)C)CCN1S(=O)(=O)c1cccc(C(F)(F)F)c1. The van der Waals surface area contributed by atoms with Crippen LogP contribution in [0.5, 0.6) is 0 Å². The summed E-state index contributed by atoms with van der Waals surface area (Å²) in [5.74, 6) is -0.0250. The molecule has 2 aromatic carbocycles. The largest absolute Gasteiger partial charge is 0.444 e. The predicted molar refractivity (Wildman–Crippen MR) is 181 cm³/mol. The summed E-state index contributed by atoms with van der Waals surface area (Å²) in [6, 6.07) is 8.78. The molecule has 2 aromatic rings. The van der Waals surface area contributed by atoms with E-state index in [2.05, 4.69) is 35.3 Å². The summed E-state index contributed by atoms with van der Waals surface area (Å²) in [7, 11) is -4.46. The Bertz CT molecular complexity index is 1600. The van der Waals surface area contributed by atoms with Crippen molar-refractivity contribution in [3.63, 3.8) is 0 Å². The zero-order valence-electron chi connectivity index (χ0n) is 28.9. The maximum Gasteiger partial charge on any atom is 0.416 e. The van der Waals surface area contributed by atoms with Crippen LogP contribution in [-0.2, 0) is 32.2 Å². The Balaban J connectivity index is 1.33. The van der Waals surface area contributed by atoms with E-state index in [4.69, 9.17) is 4.74 Å². The van der Waals surface area contributed by atoms with Crippen LogP contribution in [-0.4, -0.2) is 85.4 Å². The number of fused-ring (bicyclic) bond motifs is 1. The summed E-state index contributed by atoms with van der Waals surface area (Å²) in [5, 5.41) is 3.11. The van der Waals surface area contributed by atoms with Crippen molar-refractivity contribution >= 4 is 22.0 Å². The van der Waals surface area contributed by atoms with Crippen molar-refractivity contribution in [3.8, 4) is 0 Å². The molecule has 1 aliphatic carbocycles. The predicted octanol–water partition coefficient (Wildman–Crippen LogP) is 6.49. The van der Waals surface area contributed by atoms with Gasteiger partial charge < -0.3 is 19.9 Å². The number of piperidine rings is 1. The molecule has 0 bridgehead atoms. The van der Waals surface area contributed by atoms with Gasteiger partial charge >= 0.3 is 12.3 Å². The van der Waals surface area contributed by atoms with E-state index in [1.54, 1.807) is 20.8 Å². The number of halogens is 3. The van der Waals surface area contributed by atoms with E-state index in [1.165, 1.54) is 35.3 Å². The third-order valence-corrected chi connectivity index (χ3v) is 11.6. The van der Waals surface area contributed by atoms with Gasteiger partial charge in [-0.2, -0.15) is 17.5 Å². The molecule has 2 amide bonds. The van der Waals surface area contributed by atoms with E-state index in [1.807, 2.05) is 0 Å². The highest BCUT2D eigenvalue weighted by Gasteiger charge is 2.41. The molecule has 2 fully saturated rings. The van der Waals surface area contributed by atoms with Crippen molar-refractivity contribution < 1.29 is 35.9 Å². The number of carbonyl (C=O) groups is 2. The Morgan fingerprint density at radius 2 is 1.71 bits per heavy atom. The molecule has 3 atom stereocenters. The highest BCUT2D eigenvalue weighted by molar-refractivity contribution is 7.89. The molecule has 0 aromatic heterocycles. The third kappa shape index (κ3) is 9.35. The zero-order valence-corrected chi connectivity index (χ0v) is 29.7. The summed E-state index contributed by atoms with van der Waals surface area (Å²) in [5.41, 5.74) is 1.62. The van der Waals surface area contributed by atoms with Gasteiger partial charge in [-0.3, -0.25) is 4.79 Å². The van der Waals surface area contributed by atoms with Crippen molar-refractivity contribution in [2.45, 2.75) is 107 Å². The molecule has 0 spiro atoms. The quantitative estimate of drug-likeness (QED) is 0.337. The topological polar surface area (TPSA) is 99.3 Å². The maximum absolute atomic E-state index is 13.8. The van der Waals surface area contributed by atoms with Gasteiger partial charge in [0.05, 0.1) is 22.5 Å². The van der Waals surface area contributed by atoms with Crippen LogP contribution >= 0.6 is 0 Å². The molecule has 3 aliphatic rings. The van der Waals surface area contributed by atoms with Gasteiger partial charge in [-0.25, -0.2) is 13.2 Å². The molecule has 270 valence electrons. The number of benzene rings is 2. The lowest BCUT2D eigenvalue weighted by Gasteiger charge is -2.40. The number of hydrogen-bond donors (Lipinski definition) is 1. The summed E-state index contributed by atoms with van der Waals surface area (Å²) in [6.45, 7) is 10.3. The highest BCUT2D eigenvalue weighted by atomic mass is 32.2. The van der Waals surface area contributed by atoms with Crippen LogP contribution in [0.2, 0.25) is 0 Å². The van der Waals surface area contributed by atoms with Gasteiger partial charge in [0.1, 0.15) is 5.60 Å². The number of alkyl halides is 3. The first-order valence-electron chi connectivity index (χ1n) is 17.3. The first-order chi connectivity index (χ1) is 23.0. The minimum Gasteiger partial charge on any atom is -0.444 e. The number of nitrogens with zero attached hydrogens (tertiary/aromatic N) is 3. The average molecular weight is 707 g/mol. The molecule has 3 unspecified atom stereocenters. The van der Waals surface area contributed by atoms with Crippen LogP contribution in [0.25, 0.3) is 0 Å². The number of carbonyl (C=O) groups excluding carboxylic acids is 2. The smallest absolute Gasteiger partial charge is 0.416 e. The zero-order chi connectivity index (χ0) is 35.6. The van der Waals surface area contributed by atoms with Gasteiger partial charge in [-0.1, -0.05) is 37.6 Å². The molecule has 49 heavy (non-hydrogen) atoms. The van der Waals surface area contributed by atoms with Gasteiger partial charge in [0.15, 0.2) is 0 Å². The van der Waals surface area contributed by atoms with Gasteiger partial charge in [-0.05, 0) is 107 Å². The van der Waals surface area contributed by atoms with Gasteiger partial charge in [-0.15, -0.1) is 0 Å². The number of hydrogen-bond acceptors (Lipinski definition) is 6. The summed E-state index contributed by atoms with van der Waals surface area (Å²) >= 11 is 0. The van der Waals surface area contributed by atoms with Crippen molar-refractivity contribution in [1.29, 1.82) is 0 Å². The maximum atomic E-state index is 13.8. The normalized spacial score (nSPS) is 21.9. The Morgan fingerprint density at radius 1 is 0.980 bits per heavy atom. The van der Waals surface area contributed by atoms with Crippen molar-refractivity contribution in [2.75, 3.05) is 39.3 Å². The summed E-state index contributed by atoms with van der Waals surface area (Å²) in [6.07, 6.45) is 0.625. The molecule has 2 aliphatic heterocycles. The molecule has 9 nitrogen and oxygen atoms in total. The molecule has 5 rings (SSSR count). The first kappa shape index (κ1) is 37.1. The molecule has 2 saturated heterocycles. The fourth-order valence-corrected chi connectivity index (χ4v) is 8.83. The number of rotatable bonds is 8. The van der Waals surface area contributed by atoms with Crippen LogP contribution in [0, 0.1) is 0 Å². The van der Waals surface area contributed by atoms with E-state index >= 15 is 0 Å². The molecule has 13 heteroatoms. The van der Waals surface area contributed by atoms with E-state index in [0.29, 0.717) is 12.0 Å². The van der Waals surface area contributed by atoms with Crippen LogP contribution in [0.4, 0.5) is 18.0 Å². The first-order valence-corrected chi connectivity index (χ1v) is 18.8. The van der Waals surface area contributed by atoms with Gasteiger partial charge in [0, 0.05) is 32.6 Å². The number of aryl methyl sites for hydroxylation is 1. The minimum atomic E-state index is -4.73. The summed E-state index contributed by atoms with van der Waals surface area (Å²) in [4.78, 5) is 30.0. The van der Waals surface area contributed by atoms with Crippen LogP contribution in [0.3, 0.4) is 0 Å². The second kappa shape index (κ2) is 15.0. The van der Waals surface area contributed by atoms with E-state index in [0.717, 1.165) is 67.0 Å². The van der Waals surface area contributed by atoms with Gasteiger partial charge in [0.2, 0.25) is 15.9 Å². The Morgan fingerprint density at radius 3 is 2.41 bits per heavy atom. The van der Waals surface area contributed by atoms with Crippen molar-refractivity contribution in [2.24, 2.45) is 0 Å². The number of sulfonamides is 1. The Kier molecular flexibility index (Phi) is 11.3. The fraction of sp³-hybridized carbons (Fsp3) is 0.611. The lowest BCUT2D eigenvalue weighted by atomic mass is 9.84. The molecular weight excluding hydrogens is 657 g/mol. The molecule has 1 N–H and O–H groups in total. The Hall–Kier alpha value is -3.16. The number of likely N-dealkylation sites (tertiary alicyclic amines) is 1. The number of nitrogens with one attached hydrogen (secondary N) is 1. The minimum absolute atomic E-state index is 0.0419. The fourth-order valence-electron chi connectivity index (χ4n) is 7.17. The van der Waals surface area contributed by atoms with E-state index < -0.39 is 50.3 Å². The van der Waals surface area contributed by atoms with Crippen LogP contribution in [0.1, 0.15) is 100 Å². The second-order valence-electron chi connectivity index (χ2n) is 14.7. The van der Waals surface area contributed by atoms with Gasteiger partial charge in [0.25, 0.3) is 0 Å². The van der Waals surface area contributed by atoms with E-state index in [-0.39, 0.29) is 32.1 Å². The monoisotopic (exact) mass is 706 g/mol. The molecular formula is C36H49F3N4O5S. The molecule has 0 radical (unpaired) electrons. The average Bonchev–Trinajstić information content (AvgIpc) is 3.04. The third-order valence-electron chi connectivity index (χ3n) is 9.64.